The Morgan fingerprint density at radius 1 is 0.958 bits per heavy atom. The van der Waals surface area contributed by atoms with Crippen molar-refractivity contribution in [2.75, 3.05) is 28.2 Å². The summed E-state index contributed by atoms with van der Waals surface area (Å²) in [5.74, 6) is -0.758. The molecular formula is C18H28N2O3Si. The molecule has 0 bridgehead atoms. The number of benzene rings is 1. The fourth-order valence-corrected chi connectivity index (χ4v) is 3.49. The topological polar surface area (TPSA) is 49.9 Å². The molecule has 2 amide bonds. The van der Waals surface area contributed by atoms with Gasteiger partial charge in [-0.15, -0.1) is 0 Å². The zero-order valence-electron chi connectivity index (χ0n) is 15.7. The fourth-order valence-electron chi connectivity index (χ4n) is 2.28. The Bertz CT molecular complexity index is 584. The van der Waals surface area contributed by atoms with Crippen LogP contribution in [0.25, 0.3) is 6.08 Å². The Hall–Kier alpha value is -1.92. The Morgan fingerprint density at radius 3 is 1.79 bits per heavy atom. The predicted octanol–water partition coefficient (Wildman–Crippen LogP) is 2.47. The zero-order valence-corrected chi connectivity index (χ0v) is 16.7. The summed E-state index contributed by atoms with van der Waals surface area (Å²) in [6, 6.07) is 9.55. The van der Waals surface area contributed by atoms with Crippen LogP contribution in [0.4, 0.5) is 0 Å². The molecule has 0 N–H and O–H groups in total. The zero-order chi connectivity index (χ0) is 18.5. The Balaban J connectivity index is 3.47. The van der Waals surface area contributed by atoms with Crippen LogP contribution in [0.3, 0.4) is 0 Å². The summed E-state index contributed by atoms with van der Waals surface area (Å²) < 4.78 is 6.16. The molecule has 0 saturated carbocycles. The van der Waals surface area contributed by atoms with Gasteiger partial charge in [0.05, 0.1) is 0 Å². The molecule has 0 heterocycles. The van der Waals surface area contributed by atoms with Gasteiger partial charge in [0.2, 0.25) is 5.60 Å². The van der Waals surface area contributed by atoms with Crippen molar-refractivity contribution in [3.63, 3.8) is 0 Å². The third-order valence-electron chi connectivity index (χ3n) is 3.23. The van der Waals surface area contributed by atoms with E-state index in [1.165, 1.54) is 9.80 Å². The Labute approximate surface area is 146 Å². The maximum atomic E-state index is 12.9. The van der Waals surface area contributed by atoms with E-state index in [9.17, 15) is 9.59 Å². The van der Waals surface area contributed by atoms with Crippen molar-refractivity contribution in [2.24, 2.45) is 0 Å². The summed E-state index contributed by atoms with van der Waals surface area (Å²) >= 11 is 0. The molecule has 6 heteroatoms. The van der Waals surface area contributed by atoms with Crippen LogP contribution in [0, 0.1) is 0 Å². The van der Waals surface area contributed by atoms with Gasteiger partial charge >= 0.3 is 0 Å². The van der Waals surface area contributed by atoms with Gasteiger partial charge in [0, 0.05) is 28.2 Å². The summed E-state index contributed by atoms with van der Waals surface area (Å²) in [6.45, 7) is 5.89. The molecule has 0 atom stereocenters. The molecule has 0 unspecified atom stereocenters. The molecule has 0 saturated heterocycles. The molecule has 0 aliphatic rings. The molecule has 0 aliphatic heterocycles. The summed E-state index contributed by atoms with van der Waals surface area (Å²) in [4.78, 5) is 28.7. The van der Waals surface area contributed by atoms with Crippen LogP contribution < -0.4 is 0 Å². The van der Waals surface area contributed by atoms with Gasteiger partial charge in [-0.3, -0.25) is 9.59 Å². The van der Waals surface area contributed by atoms with E-state index in [-0.39, 0.29) is 11.8 Å². The van der Waals surface area contributed by atoms with Crippen molar-refractivity contribution < 1.29 is 14.0 Å². The molecule has 1 rings (SSSR count). The number of nitrogens with zero attached hydrogens (tertiary/aromatic N) is 2. The lowest BCUT2D eigenvalue weighted by molar-refractivity contribution is -0.156. The molecule has 1 aromatic rings. The van der Waals surface area contributed by atoms with Gasteiger partial charge in [-0.2, -0.15) is 0 Å². The molecule has 5 nitrogen and oxygen atoms in total. The Morgan fingerprint density at radius 2 is 1.42 bits per heavy atom. The minimum Gasteiger partial charge on any atom is -0.394 e. The highest BCUT2D eigenvalue weighted by atomic mass is 28.4. The Kier molecular flexibility index (Phi) is 6.51. The van der Waals surface area contributed by atoms with Crippen LogP contribution in [-0.2, 0) is 14.0 Å². The molecule has 0 radical (unpaired) electrons. The average Bonchev–Trinajstić information content (AvgIpc) is 2.49. The quantitative estimate of drug-likeness (QED) is 0.586. The number of amides is 2. The van der Waals surface area contributed by atoms with Crippen molar-refractivity contribution in [3.05, 3.63) is 42.0 Å². The van der Waals surface area contributed by atoms with Crippen molar-refractivity contribution >= 4 is 26.2 Å². The lowest BCUT2D eigenvalue weighted by Crippen LogP contribution is -2.60. The van der Waals surface area contributed by atoms with E-state index < -0.39 is 13.9 Å². The van der Waals surface area contributed by atoms with Crippen LogP contribution in [-0.4, -0.2) is 63.7 Å². The minimum absolute atomic E-state index is 0.379. The normalized spacial score (nSPS) is 12.3. The second-order valence-electron chi connectivity index (χ2n) is 7.09. The van der Waals surface area contributed by atoms with E-state index in [0.717, 1.165) is 5.56 Å². The molecule has 0 aliphatic carbocycles. The van der Waals surface area contributed by atoms with Gasteiger partial charge in [0.15, 0.2) is 8.32 Å². The second kappa shape index (κ2) is 7.77. The number of likely N-dealkylation sites (N-methyl/N-ethyl adjacent to an activating group) is 2. The number of rotatable bonds is 6. The highest BCUT2D eigenvalue weighted by Gasteiger charge is 2.49. The first-order valence-electron chi connectivity index (χ1n) is 7.87. The van der Waals surface area contributed by atoms with E-state index >= 15 is 0 Å². The van der Waals surface area contributed by atoms with Crippen molar-refractivity contribution in [1.29, 1.82) is 0 Å². The first-order valence-corrected chi connectivity index (χ1v) is 11.3. The maximum absolute atomic E-state index is 12.9. The van der Waals surface area contributed by atoms with Gasteiger partial charge in [-0.05, 0) is 31.3 Å². The first-order chi connectivity index (χ1) is 11.0. The molecule has 132 valence electrons. The molecule has 24 heavy (non-hydrogen) atoms. The first kappa shape index (κ1) is 20.1. The van der Waals surface area contributed by atoms with Crippen LogP contribution in [0.15, 0.2) is 36.4 Å². The van der Waals surface area contributed by atoms with Gasteiger partial charge in [0.25, 0.3) is 11.8 Å². The van der Waals surface area contributed by atoms with Crippen LogP contribution in [0.5, 0.6) is 0 Å². The third kappa shape index (κ3) is 5.04. The monoisotopic (exact) mass is 348 g/mol. The second-order valence-corrected chi connectivity index (χ2v) is 11.5. The molecular weight excluding hydrogens is 320 g/mol. The number of carbonyl (C=O) groups is 2. The van der Waals surface area contributed by atoms with Crippen LogP contribution >= 0.6 is 0 Å². The maximum Gasteiger partial charge on any atom is 0.267 e. The highest BCUT2D eigenvalue weighted by molar-refractivity contribution is 6.70. The average molecular weight is 349 g/mol. The molecule has 1 aromatic carbocycles. The summed E-state index contributed by atoms with van der Waals surface area (Å²) in [5, 5.41) is 0. The van der Waals surface area contributed by atoms with E-state index in [2.05, 4.69) is 0 Å². The van der Waals surface area contributed by atoms with Gasteiger partial charge in [0.1, 0.15) is 0 Å². The molecule has 0 fully saturated rings. The van der Waals surface area contributed by atoms with E-state index in [1.807, 2.05) is 50.0 Å². The van der Waals surface area contributed by atoms with E-state index in [1.54, 1.807) is 40.3 Å². The van der Waals surface area contributed by atoms with Crippen molar-refractivity contribution in [2.45, 2.75) is 25.2 Å². The summed E-state index contributed by atoms with van der Waals surface area (Å²) in [7, 11) is 4.32. The lowest BCUT2D eigenvalue weighted by atomic mass is 9.98. The summed E-state index contributed by atoms with van der Waals surface area (Å²) in [6.07, 6.45) is 3.36. The highest BCUT2D eigenvalue weighted by Crippen LogP contribution is 2.25. The van der Waals surface area contributed by atoms with Crippen LogP contribution in [0.1, 0.15) is 5.56 Å². The van der Waals surface area contributed by atoms with E-state index in [0.29, 0.717) is 0 Å². The standard InChI is InChI=1S/C18H28N2O3Si/c1-19(2)16(21)18(17(22)20(3)4,23-24(5,6)7)14-13-15-11-9-8-10-12-15/h8-14H,1-7H3/b14-13+. The lowest BCUT2D eigenvalue weighted by Gasteiger charge is -2.37. The van der Waals surface area contributed by atoms with Gasteiger partial charge in [-0.1, -0.05) is 36.4 Å². The van der Waals surface area contributed by atoms with Crippen molar-refractivity contribution in [1.82, 2.24) is 9.80 Å². The SMILES string of the molecule is CN(C)C(=O)C(/C=C/c1ccccc1)(O[Si](C)(C)C)C(=O)N(C)C. The summed E-state index contributed by atoms with van der Waals surface area (Å²) in [5.41, 5.74) is -0.744. The predicted molar refractivity (Wildman–Crippen MR) is 100 cm³/mol. The largest absolute Gasteiger partial charge is 0.394 e. The molecule has 0 aromatic heterocycles. The van der Waals surface area contributed by atoms with Crippen molar-refractivity contribution in [3.8, 4) is 0 Å². The van der Waals surface area contributed by atoms with E-state index in [4.69, 9.17) is 4.43 Å². The molecule has 0 spiro atoms. The number of hydrogen-bond acceptors (Lipinski definition) is 3. The van der Waals surface area contributed by atoms with Gasteiger partial charge in [-0.25, -0.2) is 0 Å². The number of carbonyl (C=O) groups excluding carboxylic acids is 2. The smallest absolute Gasteiger partial charge is 0.267 e. The fraction of sp³-hybridized carbons (Fsp3) is 0.444. The minimum atomic E-state index is -2.19. The van der Waals surface area contributed by atoms with Crippen LogP contribution in [0.2, 0.25) is 19.6 Å². The third-order valence-corrected chi connectivity index (χ3v) is 4.16. The number of hydrogen-bond donors (Lipinski definition) is 0. The van der Waals surface area contributed by atoms with Gasteiger partial charge < -0.3 is 14.2 Å².